The van der Waals surface area contributed by atoms with E-state index < -0.39 is 29.1 Å². The monoisotopic (exact) mass is 484 g/mol. The third-order valence-corrected chi connectivity index (χ3v) is 5.10. The molecule has 0 amide bonds. The smallest absolute Gasteiger partial charge is 0.453 e. The fourth-order valence-electron chi connectivity index (χ4n) is 3.27. The Morgan fingerprint density at radius 1 is 0.943 bits per heavy atom. The summed E-state index contributed by atoms with van der Waals surface area (Å²) in [5.41, 5.74) is 0.825. The van der Waals surface area contributed by atoms with Crippen LogP contribution in [0.1, 0.15) is 27.2 Å². The van der Waals surface area contributed by atoms with Crippen LogP contribution in [0.15, 0.2) is 75.9 Å². The molecule has 0 fully saturated rings. The number of ether oxygens (including phenoxy) is 3. The Bertz CT molecular complexity index is 1420. The largest absolute Gasteiger partial charge is 0.489 e. The normalized spacial score (nSPS) is 11.3. The Morgan fingerprint density at radius 2 is 1.60 bits per heavy atom. The third kappa shape index (κ3) is 5.29. The highest BCUT2D eigenvalue weighted by Gasteiger charge is 2.40. The molecule has 9 heteroatoms. The number of hydrogen-bond donors (Lipinski definition) is 0. The Hall–Kier alpha value is -4.27. The van der Waals surface area contributed by atoms with Gasteiger partial charge in [-0.05, 0) is 48.9 Å². The highest BCUT2D eigenvalue weighted by molar-refractivity contribution is 5.89. The molecule has 1 aromatic heterocycles. The van der Waals surface area contributed by atoms with E-state index in [1.807, 2.05) is 31.2 Å². The second kappa shape index (κ2) is 9.54. The standard InChI is InChI=1S/C26H19F3O6/c1-15-3-5-16(6-4-15)14-33-19-11-12-20-21(13-19)35-24(26(27,28)29)23(22(20)30)34-18-9-7-17(8-10-18)25(31)32-2/h3-13H,14H2,1-2H3. The average molecular weight is 484 g/mol. The molecule has 35 heavy (non-hydrogen) atoms. The molecule has 0 unspecified atom stereocenters. The van der Waals surface area contributed by atoms with Gasteiger partial charge < -0.3 is 18.6 Å². The number of alkyl halides is 3. The lowest BCUT2D eigenvalue weighted by Gasteiger charge is -2.14. The fourth-order valence-corrected chi connectivity index (χ4v) is 3.27. The lowest BCUT2D eigenvalue weighted by atomic mass is 10.1. The first kappa shape index (κ1) is 23.9. The number of carbonyl (C=O) groups excluding carboxylic acids is 1. The number of aryl methyl sites for hydroxylation is 1. The molecule has 0 saturated heterocycles. The van der Waals surface area contributed by atoms with Gasteiger partial charge in [-0.2, -0.15) is 13.2 Å². The summed E-state index contributed by atoms with van der Waals surface area (Å²) in [5, 5.41) is -0.109. The molecule has 0 radical (unpaired) electrons. The third-order valence-electron chi connectivity index (χ3n) is 5.10. The van der Waals surface area contributed by atoms with Gasteiger partial charge in [-0.1, -0.05) is 29.8 Å². The van der Waals surface area contributed by atoms with Crippen molar-refractivity contribution >= 4 is 16.9 Å². The van der Waals surface area contributed by atoms with Gasteiger partial charge >= 0.3 is 12.1 Å². The Balaban J connectivity index is 1.68. The summed E-state index contributed by atoms with van der Waals surface area (Å²) in [4.78, 5) is 24.5. The van der Waals surface area contributed by atoms with Crippen LogP contribution in [0.2, 0.25) is 0 Å². The van der Waals surface area contributed by atoms with Crippen molar-refractivity contribution in [3.05, 3.63) is 99.4 Å². The summed E-state index contributed by atoms with van der Waals surface area (Å²) < 4.78 is 61.9. The van der Waals surface area contributed by atoms with Crippen molar-refractivity contribution in [3.8, 4) is 17.2 Å². The van der Waals surface area contributed by atoms with Crippen LogP contribution >= 0.6 is 0 Å². The number of benzene rings is 3. The van der Waals surface area contributed by atoms with E-state index in [2.05, 4.69) is 4.74 Å². The molecule has 1 heterocycles. The number of carbonyl (C=O) groups is 1. The van der Waals surface area contributed by atoms with Gasteiger partial charge in [0.1, 0.15) is 23.7 Å². The second-order valence-corrected chi connectivity index (χ2v) is 7.64. The molecular formula is C26H19F3O6. The van der Waals surface area contributed by atoms with E-state index >= 15 is 0 Å². The lowest BCUT2D eigenvalue weighted by molar-refractivity contribution is -0.154. The van der Waals surface area contributed by atoms with Crippen LogP contribution < -0.4 is 14.9 Å². The highest BCUT2D eigenvalue weighted by Crippen LogP contribution is 2.38. The van der Waals surface area contributed by atoms with E-state index in [0.717, 1.165) is 11.1 Å². The Kier molecular flexibility index (Phi) is 6.50. The zero-order chi connectivity index (χ0) is 25.2. The number of halogens is 3. The first-order chi connectivity index (χ1) is 16.7. The minimum Gasteiger partial charge on any atom is -0.489 e. The molecule has 3 aromatic carbocycles. The van der Waals surface area contributed by atoms with Crippen LogP contribution in [0.3, 0.4) is 0 Å². The van der Waals surface area contributed by atoms with Gasteiger partial charge in [-0.25, -0.2) is 4.79 Å². The van der Waals surface area contributed by atoms with Crippen molar-refractivity contribution in [1.82, 2.24) is 0 Å². The Morgan fingerprint density at radius 3 is 2.23 bits per heavy atom. The number of rotatable bonds is 6. The van der Waals surface area contributed by atoms with E-state index in [4.69, 9.17) is 13.9 Å². The van der Waals surface area contributed by atoms with Crippen LogP contribution in [-0.4, -0.2) is 13.1 Å². The summed E-state index contributed by atoms with van der Waals surface area (Å²) in [6, 6.07) is 16.7. The number of esters is 1. The van der Waals surface area contributed by atoms with Crippen LogP contribution in [0, 0.1) is 6.92 Å². The van der Waals surface area contributed by atoms with Crippen molar-refractivity contribution in [2.24, 2.45) is 0 Å². The molecule has 6 nitrogen and oxygen atoms in total. The summed E-state index contributed by atoms with van der Waals surface area (Å²) >= 11 is 0. The Labute approximate surface area is 197 Å². The SMILES string of the molecule is COC(=O)c1ccc(Oc2c(C(F)(F)F)oc3cc(OCc4ccc(C)cc4)ccc3c2=O)cc1. The molecule has 0 bridgehead atoms. The summed E-state index contributed by atoms with van der Waals surface area (Å²) in [7, 11) is 1.20. The molecule has 0 aliphatic heterocycles. The van der Waals surface area contributed by atoms with Crippen LogP contribution in [0.25, 0.3) is 11.0 Å². The van der Waals surface area contributed by atoms with Crippen molar-refractivity contribution in [1.29, 1.82) is 0 Å². The average Bonchev–Trinajstić information content (AvgIpc) is 2.84. The van der Waals surface area contributed by atoms with E-state index in [0.29, 0.717) is 0 Å². The van der Waals surface area contributed by atoms with E-state index in [-0.39, 0.29) is 34.6 Å². The highest BCUT2D eigenvalue weighted by atomic mass is 19.4. The maximum absolute atomic E-state index is 13.8. The summed E-state index contributed by atoms with van der Waals surface area (Å²) in [6.07, 6.45) is -5.01. The van der Waals surface area contributed by atoms with Gasteiger partial charge in [0.2, 0.25) is 11.2 Å². The van der Waals surface area contributed by atoms with Gasteiger partial charge in [-0.3, -0.25) is 4.79 Å². The van der Waals surface area contributed by atoms with E-state index in [9.17, 15) is 22.8 Å². The maximum atomic E-state index is 13.8. The zero-order valence-corrected chi connectivity index (χ0v) is 18.6. The van der Waals surface area contributed by atoms with Crippen LogP contribution in [0.4, 0.5) is 13.2 Å². The first-order valence-electron chi connectivity index (χ1n) is 10.4. The molecule has 180 valence electrons. The molecule has 0 saturated carbocycles. The summed E-state index contributed by atoms with van der Waals surface area (Å²) in [6.45, 7) is 2.13. The lowest BCUT2D eigenvalue weighted by Crippen LogP contribution is -2.15. The molecule has 4 rings (SSSR count). The molecule has 0 atom stereocenters. The summed E-state index contributed by atoms with van der Waals surface area (Å²) in [5.74, 6) is -3.07. The fraction of sp³-hybridized carbons (Fsp3) is 0.154. The number of hydrogen-bond acceptors (Lipinski definition) is 6. The van der Waals surface area contributed by atoms with Gasteiger partial charge in [0.25, 0.3) is 5.76 Å². The molecule has 0 N–H and O–H groups in total. The van der Waals surface area contributed by atoms with Gasteiger partial charge in [0, 0.05) is 6.07 Å². The first-order valence-corrected chi connectivity index (χ1v) is 10.4. The predicted octanol–water partition coefficient (Wildman–Crippen LogP) is 6.28. The number of methoxy groups -OCH3 is 1. The molecule has 4 aromatic rings. The molecule has 0 aliphatic carbocycles. The van der Waals surface area contributed by atoms with Gasteiger partial charge in [0.15, 0.2) is 0 Å². The zero-order valence-electron chi connectivity index (χ0n) is 18.6. The van der Waals surface area contributed by atoms with Crippen molar-refractivity contribution in [2.75, 3.05) is 7.11 Å². The minimum atomic E-state index is -5.01. The topological polar surface area (TPSA) is 75.0 Å². The van der Waals surface area contributed by atoms with E-state index in [1.165, 1.54) is 49.6 Å². The van der Waals surface area contributed by atoms with Crippen molar-refractivity contribution in [2.45, 2.75) is 19.7 Å². The maximum Gasteiger partial charge on any atom is 0.453 e. The quantitative estimate of drug-likeness (QED) is 0.300. The van der Waals surface area contributed by atoms with Crippen LogP contribution in [-0.2, 0) is 17.5 Å². The predicted molar refractivity (Wildman–Crippen MR) is 121 cm³/mol. The minimum absolute atomic E-state index is 0.0899. The molecular weight excluding hydrogens is 465 g/mol. The molecule has 0 aliphatic rings. The second-order valence-electron chi connectivity index (χ2n) is 7.64. The van der Waals surface area contributed by atoms with Crippen molar-refractivity contribution < 1.29 is 36.6 Å². The van der Waals surface area contributed by atoms with Crippen molar-refractivity contribution in [3.63, 3.8) is 0 Å². The molecule has 0 spiro atoms. The van der Waals surface area contributed by atoms with Gasteiger partial charge in [0.05, 0.1) is 18.1 Å². The number of fused-ring (bicyclic) bond motifs is 1. The van der Waals surface area contributed by atoms with Gasteiger partial charge in [-0.15, -0.1) is 0 Å². The van der Waals surface area contributed by atoms with Crippen LogP contribution in [0.5, 0.6) is 17.2 Å². The van der Waals surface area contributed by atoms with E-state index in [1.54, 1.807) is 0 Å².